The molecule has 0 bridgehead atoms. The molecule has 6 heteroatoms. The Morgan fingerprint density at radius 2 is 2.17 bits per heavy atom. The molecule has 134 valence electrons. The predicted molar refractivity (Wildman–Crippen MR) is 95.9 cm³/mol. The Bertz CT molecular complexity index is 556. The van der Waals surface area contributed by atoms with Crippen LogP contribution in [0.3, 0.4) is 0 Å². The van der Waals surface area contributed by atoms with Gasteiger partial charge in [-0.25, -0.2) is 4.98 Å². The van der Waals surface area contributed by atoms with Gasteiger partial charge in [0.25, 0.3) is 5.91 Å². The topological polar surface area (TPSA) is 65.5 Å². The second-order valence-corrected chi connectivity index (χ2v) is 8.41. The number of hydrogen-bond donors (Lipinski definition) is 2. The molecule has 1 aliphatic heterocycles. The fraction of sp³-hybridized carbons (Fsp3) is 0.778. The summed E-state index contributed by atoms with van der Waals surface area (Å²) in [7, 11) is 0. The van der Waals surface area contributed by atoms with Crippen molar-refractivity contribution < 1.29 is 9.90 Å². The van der Waals surface area contributed by atoms with Crippen LogP contribution in [0.4, 0.5) is 0 Å². The van der Waals surface area contributed by atoms with E-state index in [1.54, 1.807) is 11.3 Å². The van der Waals surface area contributed by atoms with Crippen molar-refractivity contribution >= 4 is 17.2 Å². The second kappa shape index (κ2) is 7.93. The second-order valence-electron chi connectivity index (χ2n) is 7.35. The number of likely N-dealkylation sites (tertiary alicyclic amines) is 1. The van der Waals surface area contributed by atoms with Crippen LogP contribution in [-0.2, 0) is 11.3 Å². The lowest BCUT2D eigenvalue weighted by molar-refractivity contribution is -0.157. The molecule has 3 rings (SSSR count). The fourth-order valence-electron chi connectivity index (χ4n) is 3.97. The molecule has 24 heavy (non-hydrogen) atoms. The van der Waals surface area contributed by atoms with E-state index in [0.29, 0.717) is 25.4 Å². The molecule has 2 fully saturated rings. The van der Waals surface area contributed by atoms with E-state index in [-0.39, 0.29) is 5.91 Å². The van der Waals surface area contributed by atoms with Gasteiger partial charge in [0.1, 0.15) is 0 Å². The highest BCUT2D eigenvalue weighted by molar-refractivity contribution is 7.09. The van der Waals surface area contributed by atoms with Crippen LogP contribution in [0.15, 0.2) is 5.38 Å². The third kappa shape index (κ3) is 4.35. The molecule has 1 saturated heterocycles. The van der Waals surface area contributed by atoms with E-state index in [1.807, 2.05) is 17.2 Å². The van der Waals surface area contributed by atoms with Crippen LogP contribution in [0.25, 0.3) is 0 Å². The van der Waals surface area contributed by atoms with Gasteiger partial charge in [-0.15, -0.1) is 11.3 Å². The van der Waals surface area contributed by atoms with Crippen molar-refractivity contribution in [2.45, 2.75) is 64.0 Å². The molecule has 2 aliphatic rings. The van der Waals surface area contributed by atoms with Gasteiger partial charge in [-0.05, 0) is 38.5 Å². The first-order valence-corrected chi connectivity index (χ1v) is 10.1. The van der Waals surface area contributed by atoms with E-state index in [1.165, 1.54) is 32.1 Å². The molecule has 0 spiro atoms. The molecular formula is C18H29N3O2S. The van der Waals surface area contributed by atoms with E-state index in [0.717, 1.165) is 30.2 Å². The van der Waals surface area contributed by atoms with Gasteiger partial charge < -0.3 is 15.3 Å². The Balaban J connectivity index is 1.52. The van der Waals surface area contributed by atoms with E-state index in [9.17, 15) is 9.90 Å². The molecule has 0 aromatic carbocycles. The number of amides is 1. The van der Waals surface area contributed by atoms with E-state index in [4.69, 9.17) is 0 Å². The number of piperidine rings is 1. The number of aliphatic hydroxyl groups is 1. The lowest BCUT2D eigenvalue weighted by Crippen LogP contribution is -2.58. The fourth-order valence-corrected chi connectivity index (χ4v) is 4.58. The number of rotatable bonds is 6. The lowest BCUT2D eigenvalue weighted by atomic mass is 9.86. The van der Waals surface area contributed by atoms with Gasteiger partial charge in [-0.2, -0.15) is 0 Å². The van der Waals surface area contributed by atoms with Crippen molar-refractivity contribution in [3.63, 3.8) is 0 Å². The third-order valence-corrected chi connectivity index (χ3v) is 6.12. The van der Waals surface area contributed by atoms with Crippen molar-refractivity contribution in [1.82, 2.24) is 15.2 Å². The summed E-state index contributed by atoms with van der Waals surface area (Å²) >= 11 is 1.62. The zero-order valence-corrected chi connectivity index (χ0v) is 15.4. The molecule has 1 unspecified atom stereocenters. The minimum absolute atomic E-state index is 0.0821. The van der Waals surface area contributed by atoms with Gasteiger partial charge in [0.15, 0.2) is 5.60 Å². The maximum Gasteiger partial charge on any atom is 0.255 e. The number of carbonyl (C=O) groups is 1. The first kappa shape index (κ1) is 17.8. The Morgan fingerprint density at radius 3 is 2.88 bits per heavy atom. The van der Waals surface area contributed by atoms with Gasteiger partial charge in [0, 0.05) is 31.6 Å². The number of nitrogens with zero attached hydrogens (tertiary/aromatic N) is 2. The van der Waals surface area contributed by atoms with Crippen LogP contribution in [0.2, 0.25) is 0 Å². The summed E-state index contributed by atoms with van der Waals surface area (Å²) in [5, 5.41) is 17.1. The Labute approximate surface area is 148 Å². The van der Waals surface area contributed by atoms with Crippen LogP contribution in [-0.4, -0.2) is 46.1 Å². The van der Waals surface area contributed by atoms with E-state index >= 15 is 0 Å². The molecule has 1 aromatic heterocycles. The van der Waals surface area contributed by atoms with Gasteiger partial charge in [-0.1, -0.05) is 19.3 Å². The molecule has 1 aliphatic carbocycles. The molecule has 5 nitrogen and oxygen atoms in total. The summed E-state index contributed by atoms with van der Waals surface area (Å²) in [4.78, 5) is 19.1. The zero-order valence-electron chi connectivity index (χ0n) is 14.6. The molecule has 0 radical (unpaired) electrons. The van der Waals surface area contributed by atoms with Crippen molar-refractivity contribution in [1.29, 1.82) is 0 Å². The molecule has 2 N–H and O–H groups in total. The number of nitrogens with one attached hydrogen (secondary N) is 1. The minimum Gasteiger partial charge on any atom is -0.379 e. The summed E-state index contributed by atoms with van der Waals surface area (Å²) in [6.45, 7) is 4.51. The van der Waals surface area contributed by atoms with Crippen LogP contribution < -0.4 is 5.32 Å². The summed E-state index contributed by atoms with van der Waals surface area (Å²) in [5.74, 6) is 0.539. The average Bonchev–Trinajstić information content (AvgIpc) is 2.98. The van der Waals surface area contributed by atoms with Gasteiger partial charge in [-0.3, -0.25) is 4.79 Å². The standard InChI is InChI=1S/C18H29N3O2S/c1-14-20-16(12-24-14)10-19-13-18(23)8-5-9-21(17(18)22)11-15-6-3-2-4-7-15/h12,15,19,23H,2-11,13H2,1H3. The van der Waals surface area contributed by atoms with Gasteiger partial charge >= 0.3 is 0 Å². The maximum absolute atomic E-state index is 12.8. The highest BCUT2D eigenvalue weighted by atomic mass is 32.1. The monoisotopic (exact) mass is 351 g/mol. The molecular weight excluding hydrogens is 322 g/mol. The first-order chi connectivity index (χ1) is 11.6. The van der Waals surface area contributed by atoms with Crippen LogP contribution >= 0.6 is 11.3 Å². The van der Waals surface area contributed by atoms with Crippen molar-refractivity contribution in [2.75, 3.05) is 19.6 Å². The molecule has 1 atom stereocenters. The SMILES string of the molecule is Cc1nc(CNCC2(O)CCCN(CC3CCCCC3)C2=O)cs1. The highest BCUT2D eigenvalue weighted by Gasteiger charge is 2.42. The van der Waals surface area contributed by atoms with E-state index in [2.05, 4.69) is 10.3 Å². The number of aromatic nitrogens is 1. The summed E-state index contributed by atoms with van der Waals surface area (Å²) in [6, 6.07) is 0. The lowest BCUT2D eigenvalue weighted by Gasteiger charge is -2.40. The van der Waals surface area contributed by atoms with Crippen LogP contribution in [0.1, 0.15) is 55.6 Å². The molecule has 2 heterocycles. The smallest absolute Gasteiger partial charge is 0.255 e. The minimum atomic E-state index is -1.25. The highest BCUT2D eigenvalue weighted by Crippen LogP contribution is 2.28. The number of carbonyl (C=O) groups excluding carboxylic acids is 1. The molecule has 1 saturated carbocycles. The van der Waals surface area contributed by atoms with Gasteiger partial charge in [0.05, 0.1) is 10.7 Å². The van der Waals surface area contributed by atoms with Crippen molar-refractivity contribution in [3.05, 3.63) is 16.1 Å². The van der Waals surface area contributed by atoms with Crippen molar-refractivity contribution in [3.8, 4) is 0 Å². The first-order valence-electron chi connectivity index (χ1n) is 9.20. The average molecular weight is 352 g/mol. The normalized spacial score (nSPS) is 26.1. The third-order valence-electron chi connectivity index (χ3n) is 5.30. The van der Waals surface area contributed by atoms with Crippen LogP contribution in [0.5, 0.6) is 0 Å². The van der Waals surface area contributed by atoms with Crippen LogP contribution in [0, 0.1) is 12.8 Å². The van der Waals surface area contributed by atoms with Gasteiger partial charge in [0.2, 0.25) is 0 Å². The maximum atomic E-state index is 12.8. The van der Waals surface area contributed by atoms with E-state index < -0.39 is 5.60 Å². The zero-order chi connectivity index (χ0) is 17.0. The summed E-state index contributed by atoms with van der Waals surface area (Å²) < 4.78 is 0. The largest absolute Gasteiger partial charge is 0.379 e. The number of thiazole rings is 1. The Hall–Kier alpha value is -0.980. The Kier molecular flexibility index (Phi) is 5.89. The number of hydrogen-bond acceptors (Lipinski definition) is 5. The predicted octanol–water partition coefficient (Wildman–Crippen LogP) is 2.47. The summed E-state index contributed by atoms with van der Waals surface area (Å²) in [5.41, 5.74) is -0.277. The molecule has 1 aromatic rings. The quantitative estimate of drug-likeness (QED) is 0.826. The number of aryl methyl sites for hydroxylation is 1. The Morgan fingerprint density at radius 1 is 1.38 bits per heavy atom. The molecule has 1 amide bonds. The van der Waals surface area contributed by atoms with Crippen molar-refractivity contribution in [2.24, 2.45) is 5.92 Å². The summed E-state index contributed by atoms with van der Waals surface area (Å²) in [6.07, 6.45) is 7.78.